The third-order valence-electron chi connectivity index (χ3n) is 6.79. The number of nitrogens with one attached hydrogen (secondary N) is 2. The second-order valence-electron chi connectivity index (χ2n) is 9.21. The average molecular weight is 507 g/mol. The first-order chi connectivity index (χ1) is 16.4. The minimum absolute atomic E-state index is 0.00463. The van der Waals surface area contributed by atoms with Gasteiger partial charge in [0.15, 0.2) is 0 Å². The number of aromatic nitrogens is 1. The molecule has 34 heavy (non-hydrogen) atoms. The number of hydrogen-bond acceptors (Lipinski definition) is 5. The van der Waals surface area contributed by atoms with Crippen LogP contribution >= 0.6 is 23.2 Å². The molecule has 0 spiro atoms. The molecule has 4 rings (SSSR count). The van der Waals surface area contributed by atoms with E-state index >= 15 is 0 Å². The summed E-state index contributed by atoms with van der Waals surface area (Å²) in [5, 5.41) is 7.21. The van der Waals surface area contributed by atoms with Crippen molar-refractivity contribution < 1.29 is 9.53 Å². The van der Waals surface area contributed by atoms with Crippen molar-refractivity contribution in [2.24, 2.45) is 13.0 Å². The number of carbonyl (C=O) groups excluding carboxylic acids is 1. The Morgan fingerprint density at radius 3 is 2.71 bits per heavy atom. The maximum atomic E-state index is 13.5. The molecular formula is C25H32Cl2N4O3. The van der Waals surface area contributed by atoms with Gasteiger partial charge in [0.2, 0.25) is 5.91 Å². The first-order valence-electron chi connectivity index (χ1n) is 11.8. The number of piperidine rings is 1. The van der Waals surface area contributed by atoms with Crippen molar-refractivity contribution in [1.82, 2.24) is 14.8 Å². The largest absolute Gasteiger partial charge is 0.383 e. The number of amides is 1. The van der Waals surface area contributed by atoms with Crippen LogP contribution in [0.1, 0.15) is 36.3 Å². The van der Waals surface area contributed by atoms with E-state index in [4.69, 9.17) is 27.9 Å². The fraction of sp³-hybridized carbons (Fsp3) is 0.520. The highest BCUT2D eigenvalue weighted by atomic mass is 35.5. The molecule has 1 aromatic heterocycles. The Bertz CT molecular complexity index is 1090. The van der Waals surface area contributed by atoms with E-state index in [1.165, 1.54) is 12.8 Å². The Labute approximate surface area is 210 Å². The van der Waals surface area contributed by atoms with Crippen molar-refractivity contribution >= 4 is 34.8 Å². The maximum absolute atomic E-state index is 13.5. The van der Waals surface area contributed by atoms with Crippen LogP contribution in [0.25, 0.3) is 0 Å². The fourth-order valence-corrected chi connectivity index (χ4v) is 5.11. The smallest absolute Gasteiger partial charge is 0.250 e. The summed E-state index contributed by atoms with van der Waals surface area (Å²) in [5.74, 6) is -0.260. The summed E-state index contributed by atoms with van der Waals surface area (Å²) in [6.45, 7) is 3.13. The molecule has 7 nitrogen and oxygen atoms in total. The van der Waals surface area contributed by atoms with Gasteiger partial charge < -0.3 is 19.9 Å². The van der Waals surface area contributed by atoms with Crippen molar-refractivity contribution in [1.29, 1.82) is 0 Å². The van der Waals surface area contributed by atoms with Crippen LogP contribution in [0.4, 0.5) is 5.69 Å². The average Bonchev–Trinajstić information content (AvgIpc) is 3.67. The van der Waals surface area contributed by atoms with Crippen molar-refractivity contribution in [2.45, 2.75) is 37.8 Å². The van der Waals surface area contributed by atoms with Gasteiger partial charge in [-0.05, 0) is 61.1 Å². The molecule has 9 heteroatoms. The van der Waals surface area contributed by atoms with Gasteiger partial charge in [0.05, 0.1) is 22.6 Å². The Morgan fingerprint density at radius 1 is 1.21 bits per heavy atom. The molecule has 1 saturated heterocycles. The number of ether oxygens (including phenoxy) is 1. The molecule has 1 saturated carbocycles. The van der Waals surface area contributed by atoms with Gasteiger partial charge in [-0.15, -0.1) is 0 Å². The number of halogens is 2. The maximum Gasteiger partial charge on any atom is 0.250 e. The van der Waals surface area contributed by atoms with Gasteiger partial charge in [-0.3, -0.25) is 14.5 Å². The third-order valence-corrected chi connectivity index (χ3v) is 7.63. The van der Waals surface area contributed by atoms with Crippen LogP contribution < -0.4 is 16.2 Å². The molecule has 2 atom stereocenters. The summed E-state index contributed by atoms with van der Waals surface area (Å²) < 4.78 is 6.63. The lowest BCUT2D eigenvalue weighted by Gasteiger charge is -2.38. The molecule has 1 aromatic carbocycles. The van der Waals surface area contributed by atoms with Crippen LogP contribution in [0.2, 0.25) is 10.0 Å². The van der Waals surface area contributed by atoms with E-state index in [1.54, 1.807) is 37.1 Å². The second kappa shape index (κ2) is 11.1. The fourth-order valence-electron chi connectivity index (χ4n) is 4.70. The van der Waals surface area contributed by atoms with Gasteiger partial charge >= 0.3 is 0 Å². The van der Waals surface area contributed by atoms with Crippen molar-refractivity contribution in [3.05, 3.63) is 62.0 Å². The Hall–Kier alpha value is -2.06. The van der Waals surface area contributed by atoms with Crippen molar-refractivity contribution in [3.63, 3.8) is 0 Å². The van der Waals surface area contributed by atoms with Gasteiger partial charge in [0, 0.05) is 57.8 Å². The quantitative estimate of drug-likeness (QED) is 0.507. The van der Waals surface area contributed by atoms with Gasteiger partial charge in [-0.25, -0.2) is 0 Å². The first-order valence-corrected chi connectivity index (χ1v) is 12.5. The van der Waals surface area contributed by atoms with E-state index < -0.39 is 0 Å². The molecular weight excluding hydrogens is 475 g/mol. The molecule has 2 aromatic rings. The number of hydrogen-bond donors (Lipinski definition) is 2. The van der Waals surface area contributed by atoms with Crippen LogP contribution in [0.15, 0.2) is 35.3 Å². The monoisotopic (exact) mass is 506 g/mol. The number of benzene rings is 1. The number of likely N-dealkylation sites (tertiary alicyclic amines) is 1. The molecule has 0 radical (unpaired) electrons. The lowest BCUT2D eigenvalue weighted by atomic mass is 9.80. The van der Waals surface area contributed by atoms with E-state index in [1.807, 2.05) is 12.1 Å². The Balaban J connectivity index is 1.49. The van der Waals surface area contributed by atoms with Gasteiger partial charge in [0.1, 0.15) is 0 Å². The standard InChI is InChI=1S/C25H32Cl2N4O3/c1-30-8-5-16(12-23(30)32)20-6-9-31(19-3-4-19)15-21(20)25(33)29-14-17-11-18(28-7-10-34-2)13-22(26)24(17)27/h5,8,11-13,19-21,28H,3-4,6-7,9-10,14-15H2,1-2H3,(H,29,33). The van der Waals surface area contributed by atoms with Gasteiger partial charge in [0.25, 0.3) is 5.56 Å². The van der Waals surface area contributed by atoms with Crippen molar-refractivity contribution in [3.8, 4) is 0 Å². The number of carbonyl (C=O) groups is 1. The summed E-state index contributed by atoms with van der Waals surface area (Å²) in [5.41, 5.74) is 2.46. The zero-order valence-electron chi connectivity index (χ0n) is 19.7. The van der Waals surface area contributed by atoms with Gasteiger partial charge in [-0.1, -0.05) is 23.2 Å². The number of rotatable bonds is 9. The van der Waals surface area contributed by atoms with E-state index in [0.29, 0.717) is 35.8 Å². The topological polar surface area (TPSA) is 75.6 Å². The van der Waals surface area contributed by atoms with Crippen molar-refractivity contribution in [2.75, 3.05) is 38.7 Å². The highest BCUT2D eigenvalue weighted by Crippen LogP contribution is 2.38. The summed E-state index contributed by atoms with van der Waals surface area (Å²) >= 11 is 12.8. The molecule has 184 valence electrons. The zero-order chi connectivity index (χ0) is 24.2. The molecule has 0 bridgehead atoms. The SMILES string of the molecule is COCCNc1cc(Cl)c(Cl)c(CNC(=O)C2CN(C3CC3)CCC2c2ccn(C)c(=O)c2)c1. The van der Waals surface area contributed by atoms with E-state index in [9.17, 15) is 9.59 Å². The first kappa shape index (κ1) is 25.0. The lowest BCUT2D eigenvalue weighted by Crippen LogP contribution is -2.47. The molecule has 2 N–H and O–H groups in total. The molecule has 2 heterocycles. The van der Waals surface area contributed by atoms with Crippen LogP contribution in [-0.4, -0.2) is 54.8 Å². The summed E-state index contributed by atoms with van der Waals surface area (Å²) in [7, 11) is 3.38. The molecule has 2 fully saturated rings. The summed E-state index contributed by atoms with van der Waals surface area (Å²) in [6.07, 6.45) is 5.03. The number of pyridine rings is 1. The third kappa shape index (κ3) is 5.95. The number of methoxy groups -OCH3 is 1. The van der Waals surface area contributed by atoms with Crippen LogP contribution in [0.5, 0.6) is 0 Å². The highest BCUT2D eigenvalue weighted by Gasteiger charge is 2.40. The Morgan fingerprint density at radius 2 is 2.00 bits per heavy atom. The van der Waals surface area contributed by atoms with Crippen LogP contribution in [-0.2, 0) is 23.1 Å². The summed E-state index contributed by atoms with van der Waals surface area (Å²) in [4.78, 5) is 28.1. The number of aryl methyl sites for hydroxylation is 1. The zero-order valence-corrected chi connectivity index (χ0v) is 21.2. The molecule has 1 aliphatic heterocycles. The molecule has 1 aliphatic carbocycles. The van der Waals surface area contributed by atoms with E-state index in [2.05, 4.69) is 15.5 Å². The van der Waals surface area contributed by atoms with Crippen LogP contribution in [0.3, 0.4) is 0 Å². The lowest BCUT2D eigenvalue weighted by molar-refractivity contribution is -0.127. The predicted molar refractivity (Wildman–Crippen MR) is 136 cm³/mol. The number of nitrogens with zero attached hydrogens (tertiary/aromatic N) is 2. The molecule has 2 aliphatic rings. The van der Waals surface area contributed by atoms with Crippen LogP contribution in [0, 0.1) is 5.92 Å². The minimum atomic E-state index is -0.237. The predicted octanol–water partition coefficient (Wildman–Crippen LogP) is 3.63. The Kier molecular flexibility index (Phi) is 8.19. The molecule has 1 amide bonds. The summed E-state index contributed by atoms with van der Waals surface area (Å²) in [6, 6.07) is 7.89. The highest BCUT2D eigenvalue weighted by molar-refractivity contribution is 6.42. The van der Waals surface area contributed by atoms with E-state index in [-0.39, 0.29) is 29.8 Å². The number of anilines is 1. The second-order valence-corrected chi connectivity index (χ2v) is 9.99. The normalized spacial score (nSPS) is 20.8. The minimum Gasteiger partial charge on any atom is -0.383 e. The van der Waals surface area contributed by atoms with E-state index in [0.717, 1.165) is 29.8 Å². The van der Waals surface area contributed by atoms with Gasteiger partial charge in [-0.2, -0.15) is 0 Å². The molecule has 2 unspecified atom stereocenters.